The highest BCUT2D eigenvalue weighted by atomic mass is 16.6. The molecule has 25 heavy (non-hydrogen) atoms. The first kappa shape index (κ1) is 15.7. The molecule has 3 aromatic heterocycles. The van der Waals surface area contributed by atoms with Gasteiger partial charge in [0.15, 0.2) is 11.6 Å². The average Bonchev–Trinajstić information content (AvgIpc) is 3.32. The predicted octanol–water partition coefficient (Wildman–Crippen LogP) is 3.33. The highest BCUT2D eigenvalue weighted by Gasteiger charge is 2.21. The lowest BCUT2D eigenvalue weighted by Gasteiger charge is -2.21. The summed E-state index contributed by atoms with van der Waals surface area (Å²) in [5, 5.41) is 14.6. The van der Waals surface area contributed by atoms with Crippen LogP contribution < -0.4 is 10.6 Å². The number of aromatic nitrogens is 5. The van der Waals surface area contributed by atoms with E-state index in [0.717, 1.165) is 24.8 Å². The van der Waals surface area contributed by atoms with E-state index in [9.17, 15) is 0 Å². The maximum atomic E-state index is 4.77. The van der Waals surface area contributed by atoms with Gasteiger partial charge in [0.1, 0.15) is 0 Å². The molecule has 8 heteroatoms. The zero-order valence-electron chi connectivity index (χ0n) is 14.1. The monoisotopic (exact) mass is 339 g/mol. The second-order valence-electron chi connectivity index (χ2n) is 6.34. The molecule has 8 nitrogen and oxygen atoms in total. The minimum absolute atomic E-state index is 0.110. The van der Waals surface area contributed by atoms with Crippen molar-refractivity contribution in [2.24, 2.45) is 0 Å². The Hall–Kier alpha value is -2.77. The Morgan fingerprint density at radius 2 is 1.76 bits per heavy atom. The number of nitrogens with one attached hydrogen (secondary N) is 2. The minimum Gasteiger partial charge on any atom is -0.364 e. The van der Waals surface area contributed by atoms with Gasteiger partial charge < -0.3 is 10.6 Å². The second kappa shape index (κ2) is 7.00. The molecule has 0 aromatic carbocycles. The van der Waals surface area contributed by atoms with Gasteiger partial charge in [0.2, 0.25) is 11.3 Å². The molecule has 0 saturated heterocycles. The van der Waals surface area contributed by atoms with Gasteiger partial charge >= 0.3 is 0 Å². The molecule has 3 aromatic rings. The van der Waals surface area contributed by atoms with Crippen LogP contribution >= 0.6 is 0 Å². The molecule has 3 heterocycles. The third-order valence-corrected chi connectivity index (χ3v) is 4.64. The molecular formula is C17H21N7O. The van der Waals surface area contributed by atoms with Crippen LogP contribution in [0.3, 0.4) is 0 Å². The maximum absolute atomic E-state index is 4.77. The van der Waals surface area contributed by atoms with Gasteiger partial charge in [0.25, 0.3) is 0 Å². The molecule has 1 saturated carbocycles. The largest absolute Gasteiger partial charge is 0.364 e. The average molecular weight is 339 g/mol. The van der Waals surface area contributed by atoms with Gasteiger partial charge in [-0.05, 0) is 47.3 Å². The van der Waals surface area contributed by atoms with E-state index in [-0.39, 0.29) is 6.04 Å². The van der Waals surface area contributed by atoms with Gasteiger partial charge in [0, 0.05) is 18.4 Å². The Morgan fingerprint density at radius 3 is 2.44 bits per heavy atom. The summed E-state index contributed by atoms with van der Waals surface area (Å²) in [5.41, 5.74) is 1.98. The predicted molar refractivity (Wildman–Crippen MR) is 94.2 cm³/mol. The minimum atomic E-state index is 0.110. The molecule has 1 aliphatic carbocycles. The summed E-state index contributed by atoms with van der Waals surface area (Å²) in [7, 11) is 0. The Labute approximate surface area is 145 Å². The lowest BCUT2D eigenvalue weighted by atomic mass is 10.1. The van der Waals surface area contributed by atoms with E-state index in [1.54, 1.807) is 12.4 Å². The van der Waals surface area contributed by atoms with Crippen LogP contribution in [-0.2, 0) is 0 Å². The van der Waals surface area contributed by atoms with Crippen molar-refractivity contribution in [1.82, 2.24) is 25.3 Å². The van der Waals surface area contributed by atoms with E-state index < -0.39 is 0 Å². The fourth-order valence-corrected chi connectivity index (χ4v) is 3.28. The zero-order valence-corrected chi connectivity index (χ0v) is 14.1. The molecule has 4 rings (SSSR count). The van der Waals surface area contributed by atoms with Gasteiger partial charge in [-0.1, -0.05) is 19.8 Å². The Kier molecular flexibility index (Phi) is 4.41. The van der Waals surface area contributed by atoms with Crippen LogP contribution in [-0.4, -0.2) is 31.3 Å². The molecule has 130 valence electrons. The van der Waals surface area contributed by atoms with Crippen LogP contribution in [0.4, 0.5) is 11.6 Å². The first-order chi connectivity index (χ1) is 12.3. The fraction of sp³-hybridized carbons (Fsp3) is 0.471. The van der Waals surface area contributed by atoms with E-state index >= 15 is 0 Å². The number of hydrogen-bond acceptors (Lipinski definition) is 8. The van der Waals surface area contributed by atoms with Crippen molar-refractivity contribution in [1.29, 1.82) is 0 Å². The molecule has 0 amide bonds. The molecule has 0 spiro atoms. The van der Waals surface area contributed by atoms with Crippen LogP contribution in [0.15, 0.2) is 29.2 Å². The van der Waals surface area contributed by atoms with Crippen molar-refractivity contribution in [3.05, 3.63) is 30.1 Å². The van der Waals surface area contributed by atoms with Crippen LogP contribution in [0.2, 0.25) is 0 Å². The maximum Gasteiger partial charge on any atom is 0.245 e. The fourth-order valence-electron chi connectivity index (χ4n) is 3.28. The van der Waals surface area contributed by atoms with Crippen molar-refractivity contribution < 1.29 is 4.63 Å². The lowest BCUT2D eigenvalue weighted by Crippen LogP contribution is -2.19. The van der Waals surface area contributed by atoms with Crippen molar-refractivity contribution in [3.8, 4) is 0 Å². The summed E-state index contributed by atoms with van der Waals surface area (Å²) in [6.07, 6.45) is 9.30. The SMILES string of the molecule is CC[C@H](Nc1nc2nonc2nc1NC1CCCC1)c1ccncc1. The standard InChI is InChI=1S/C17H21N7O/c1-2-13(11-7-9-18-10-8-11)20-15-14(19-12-5-3-4-6-12)21-16-17(22-15)24-25-23-16/h7-10,12-13H,2-6H2,1H3,(H,19,21,23)(H,20,22,24)/t13-/m0/s1. The zero-order chi connectivity index (χ0) is 17.1. The number of nitrogens with zero attached hydrogens (tertiary/aromatic N) is 5. The van der Waals surface area contributed by atoms with Crippen molar-refractivity contribution >= 4 is 22.9 Å². The van der Waals surface area contributed by atoms with Crippen LogP contribution in [0.1, 0.15) is 50.6 Å². The number of fused-ring (bicyclic) bond motifs is 1. The van der Waals surface area contributed by atoms with Gasteiger partial charge in [-0.25, -0.2) is 14.6 Å². The summed E-state index contributed by atoms with van der Waals surface area (Å²) in [6, 6.07) is 4.55. The summed E-state index contributed by atoms with van der Waals surface area (Å²) in [5.74, 6) is 1.39. The van der Waals surface area contributed by atoms with E-state index in [2.05, 4.69) is 42.8 Å². The van der Waals surface area contributed by atoms with Crippen LogP contribution in [0.25, 0.3) is 11.3 Å². The first-order valence-corrected chi connectivity index (χ1v) is 8.77. The summed E-state index contributed by atoms with van der Waals surface area (Å²) >= 11 is 0. The first-order valence-electron chi connectivity index (χ1n) is 8.77. The van der Waals surface area contributed by atoms with E-state index in [4.69, 9.17) is 4.63 Å². The normalized spacial score (nSPS) is 16.2. The van der Waals surface area contributed by atoms with Crippen molar-refractivity contribution in [3.63, 3.8) is 0 Å². The Balaban J connectivity index is 1.66. The smallest absolute Gasteiger partial charge is 0.245 e. The van der Waals surface area contributed by atoms with Crippen LogP contribution in [0, 0.1) is 0 Å². The Bertz CT molecular complexity index is 829. The topological polar surface area (TPSA) is 102 Å². The molecule has 1 aliphatic rings. The number of pyridine rings is 1. The highest BCUT2D eigenvalue weighted by molar-refractivity contribution is 5.73. The van der Waals surface area contributed by atoms with E-state index in [0.29, 0.717) is 29.0 Å². The molecular weight excluding hydrogens is 318 g/mol. The quantitative estimate of drug-likeness (QED) is 0.705. The summed E-state index contributed by atoms with van der Waals surface area (Å²) < 4.78 is 4.77. The van der Waals surface area contributed by atoms with Crippen molar-refractivity contribution in [2.75, 3.05) is 10.6 Å². The second-order valence-corrected chi connectivity index (χ2v) is 6.34. The molecule has 0 aliphatic heterocycles. The third kappa shape index (κ3) is 3.38. The van der Waals surface area contributed by atoms with Gasteiger partial charge in [-0.3, -0.25) is 4.98 Å². The third-order valence-electron chi connectivity index (χ3n) is 4.64. The van der Waals surface area contributed by atoms with Crippen molar-refractivity contribution in [2.45, 2.75) is 51.1 Å². The molecule has 1 atom stereocenters. The number of anilines is 2. The van der Waals surface area contributed by atoms with Gasteiger partial charge in [-0.2, -0.15) is 0 Å². The van der Waals surface area contributed by atoms with E-state index in [1.807, 2.05) is 12.1 Å². The summed E-state index contributed by atoms with van der Waals surface area (Å²) in [6.45, 7) is 2.13. The summed E-state index contributed by atoms with van der Waals surface area (Å²) in [4.78, 5) is 13.2. The number of hydrogen-bond donors (Lipinski definition) is 2. The molecule has 2 N–H and O–H groups in total. The molecule has 0 unspecified atom stereocenters. The van der Waals surface area contributed by atoms with Gasteiger partial charge in [0.05, 0.1) is 6.04 Å². The van der Waals surface area contributed by atoms with E-state index in [1.165, 1.54) is 12.8 Å². The van der Waals surface area contributed by atoms with Crippen LogP contribution in [0.5, 0.6) is 0 Å². The molecule has 0 bridgehead atoms. The Morgan fingerprint density at radius 1 is 1.08 bits per heavy atom. The number of rotatable bonds is 6. The lowest BCUT2D eigenvalue weighted by molar-refractivity contribution is 0.314. The molecule has 1 fully saturated rings. The highest BCUT2D eigenvalue weighted by Crippen LogP contribution is 2.29. The van der Waals surface area contributed by atoms with Gasteiger partial charge in [-0.15, -0.1) is 0 Å². The molecule has 0 radical (unpaired) electrons.